The highest BCUT2D eigenvalue weighted by atomic mass is 16.7. The van der Waals surface area contributed by atoms with Gasteiger partial charge in [-0.2, -0.15) is 0 Å². The van der Waals surface area contributed by atoms with Gasteiger partial charge in [0, 0.05) is 25.0 Å². The number of ether oxygens (including phenoxy) is 2. The standard InChI is InChI=1S/C11H14N2O2/c12-9-5-13-4-8(9)7-1-2-10-11(3-7)15-6-14-10/h1-3,8-9,13H,4-6,12H2/t8-,9+/m1/s1. The molecule has 0 aliphatic carbocycles. The van der Waals surface area contributed by atoms with E-state index in [4.69, 9.17) is 15.2 Å². The number of benzene rings is 1. The maximum absolute atomic E-state index is 6.02. The Labute approximate surface area is 88.4 Å². The molecule has 1 aromatic carbocycles. The smallest absolute Gasteiger partial charge is 0.231 e. The van der Waals surface area contributed by atoms with Crippen molar-refractivity contribution < 1.29 is 9.47 Å². The average Bonchev–Trinajstić information content (AvgIpc) is 2.84. The van der Waals surface area contributed by atoms with Gasteiger partial charge in [-0.05, 0) is 17.7 Å². The fourth-order valence-electron chi connectivity index (χ4n) is 2.21. The summed E-state index contributed by atoms with van der Waals surface area (Å²) in [6.45, 7) is 2.16. The normalized spacial score (nSPS) is 28.3. The predicted octanol–water partition coefficient (Wildman–Crippen LogP) is 0.429. The van der Waals surface area contributed by atoms with E-state index in [0.717, 1.165) is 24.6 Å². The van der Waals surface area contributed by atoms with Gasteiger partial charge in [-0.3, -0.25) is 0 Å². The molecular formula is C11H14N2O2. The highest BCUT2D eigenvalue weighted by Gasteiger charge is 2.26. The molecule has 1 saturated heterocycles. The van der Waals surface area contributed by atoms with Crippen molar-refractivity contribution in [2.75, 3.05) is 19.9 Å². The molecule has 0 unspecified atom stereocenters. The molecule has 1 aromatic rings. The minimum atomic E-state index is 0.199. The number of hydrogen-bond acceptors (Lipinski definition) is 4. The minimum absolute atomic E-state index is 0.199. The van der Waals surface area contributed by atoms with Crippen molar-refractivity contribution in [2.24, 2.45) is 5.73 Å². The van der Waals surface area contributed by atoms with Gasteiger partial charge in [-0.15, -0.1) is 0 Å². The molecule has 2 heterocycles. The number of fused-ring (bicyclic) bond motifs is 1. The molecule has 1 fully saturated rings. The second kappa shape index (κ2) is 3.40. The summed E-state index contributed by atoms with van der Waals surface area (Å²) in [5.74, 6) is 2.06. The molecular weight excluding hydrogens is 192 g/mol. The maximum Gasteiger partial charge on any atom is 0.231 e. The Kier molecular flexibility index (Phi) is 2.04. The third-order valence-corrected chi connectivity index (χ3v) is 3.09. The van der Waals surface area contributed by atoms with Gasteiger partial charge in [0.25, 0.3) is 0 Å². The van der Waals surface area contributed by atoms with E-state index in [9.17, 15) is 0 Å². The van der Waals surface area contributed by atoms with Crippen molar-refractivity contribution in [3.8, 4) is 11.5 Å². The van der Waals surface area contributed by atoms with E-state index < -0.39 is 0 Å². The van der Waals surface area contributed by atoms with Gasteiger partial charge in [0.2, 0.25) is 6.79 Å². The molecule has 15 heavy (non-hydrogen) atoms. The number of nitrogens with one attached hydrogen (secondary N) is 1. The molecule has 80 valence electrons. The Hall–Kier alpha value is -1.26. The monoisotopic (exact) mass is 206 g/mol. The molecule has 0 radical (unpaired) electrons. The summed E-state index contributed by atoms with van der Waals surface area (Å²) in [7, 11) is 0. The SMILES string of the molecule is N[C@H]1CNC[C@@H]1c1ccc2c(c1)OCO2. The van der Waals surface area contributed by atoms with Crippen LogP contribution in [0.1, 0.15) is 11.5 Å². The van der Waals surface area contributed by atoms with Gasteiger partial charge in [0.15, 0.2) is 11.5 Å². The van der Waals surface area contributed by atoms with Crippen LogP contribution in [0.4, 0.5) is 0 Å². The summed E-state index contributed by atoms with van der Waals surface area (Å²) in [6.07, 6.45) is 0. The van der Waals surface area contributed by atoms with Crippen molar-refractivity contribution in [1.29, 1.82) is 0 Å². The van der Waals surface area contributed by atoms with Gasteiger partial charge in [-0.1, -0.05) is 6.07 Å². The van der Waals surface area contributed by atoms with E-state index in [1.54, 1.807) is 0 Å². The quantitative estimate of drug-likeness (QED) is 0.699. The first-order valence-corrected chi connectivity index (χ1v) is 5.20. The molecule has 0 aromatic heterocycles. The third kappa shape index (κ3) is 1.46. The predicted molar refractivity (Wildman–Crippen MR) is 56.2 cm³/mol. The Morgan fingerprint density at radius 3 is 2.87 bits per heavy atom. The highest BCUT2D eigenvalue weighted by Crippen LogP contribution is 2.35. The van der Waals surface area contributed by atoms with Gasteiger partial charge < -0.3 is 20.5 Å². The number of nitrogens with two attached hydrogens (primary N) is 1. The van der Waals surface area contributed by atoms with Crippen LogP contribution in [0.5, 0.6) is 11.5 Å². The summed E-state index contributed by atoms with van der Waals surface area (Å²) < 4.78 is 10.6. The van der Waals surface area contributed by atoms with Crippen LogP contribution in [-0.2, 0) is 0 Å². The highest BCUT2D eigenvalue weighted by molar-refractivity contribution is 5.46. The van der Waals surface area contributed by atoms with Gasteiger partial charge in [0.1, 0.15) is 0 Å². The molecule has 3 N–H and O–H groups in total. The zero-order valence-electron chi connectivity index (χ0n) is 8.40. The van der Waals surface area contributed by atoms with Crippen LogP contribution in [-0.4, -0.2) is 25.9 Å². The molecule has 0 saturated carbocycles. The van der Waals surface area contributed by atoms with E-state index in [0.29, 0.717) is 12.7 Å². The molecule has 2 atom stereocenters. The van der Waals surface area contributed by atoms with Crippen molar-refractivity contribution in [1.82, 2.24) is 5.32 Å². The third-order valence-electron chi connectivity index (χ3n) is 3.09. The summed E-state index contributed by atoms with van der Waals surface area (Å²) in [6, 6.07) is 6.28. The Morgan fingerprint density at radius 1 is 1.20 bits per heavy atom. The Bertz CT molecular complexity index is 381. The molecule has 0 spiro atoms. The van der Waals surface area contributed by atoms with Crippen LogP contribution in [0.3, 0.4) is 0 Å². The lowest BCUT2D eigenvalue weighted by Gasteiger charge is -2.14. The summed E-state index contributed by atoms with van der Waals surface area (Å²) in [4.78, 5) is 0. The van der Waals surface area contributed by atoms with Crippen LogP contribution in [0.25, 0.3) is 0 Å². The summed E-state index contributed by atoms with van der Waals surface area (Å²) >= 11 is 0. The van der Waals surface area contributed by atoms with Crippen LogP contribution < -0.4 is 20.5 Å². The van der Waals surface area contributed by atoms with E-state index in [1.165, 1.54) is 5.56 Å². The Morgan fingerprint density at radius 2 is 2.07 bits per heavy atom. The first kappa shape index (κ1) is 9.00. The van der Waals surface area contributed by atoms with Crippen molar-refractivity contribution >= 4 is 0 Å². The van der Waals surface area contributed by atoms with Crippen molar-refractivity contribution in [3.05, 3.63) is 23.8 Å². The Balaban J connectivity index is 1.92. The molecule has 3 rings (SSSR count). The van der Waals surface area contributed by atoms with Crippen LogP contribution in [0, 0.1) is 0 Å². The molecule has 0 amide bonds. The minimum Gasteiger partial charge on any atom is -0.454 e. The van der Waals surface area contributed by atoms with E-state index >= 15 is 0 Å². The second-order valence-electron chi connectivity index (χ2n) is 4.04. The lowest BCUT2D eigenvalue weighted by atomic mass is 9.95. The van der Waals surface area contributed by atoms with Gasteiger partial charge in [0.05, 0.1) is 0 Å². The van der Waals surface area contributed by atoms with E-state index in [1.807, 2.05) is 12.1 Å². The zero-order valence-corrected chi connectivity index (χ0v) is 8.40. The largest absolute Gasteiger partial charge is 0.454 e. The molecule has 2 aliphatic heterocycles. The van der Waals surface area contributed by atoms with Crippen molar-refractivity contribution in [2.45, 2.75) is 12.0 Å². The molecule has 4 heteroatoms. The van der Waals surface area contributed by atoms with Crippen LogP contribution in [0.15, 0.2) is 18.2 Å². The van der Waals surface area contributed by atoms with E-state index in [2.05, 4.69) is 11.4 Å². The summed E-state index contributed by atoms with van der Waals surface area (Å²) in [5, 5.41) is 3.29. The topological polar surface area (TPSA) is 56.5 Å². The first-order valence-electron chi connectivity index (χ1n) is 5.20. The van der Waals surface area contributed by atoms with Gasteiger partial charge >= 0.3 is 0 Å². The fraction of sp³-hybridized carbons (Fsp3) is 0.455. The second-order valence-corrected chi connectivity index (χ2v) is 4.04. The maximum atomic E-state index is 6.02. The number of rotatable bonds is 1. The fourth-order valence-corrected chi connectivity index (χ4v) is 2.21. The molecule has 4 nitrogen and oxygen atoms in total. The van der Waals surface area contributed by atoms with E-state index in [-0.39, 0.29) is 6.04 Å². The number of hydrogen-bond donors (Lipinski definition) is 2. The van der Waals surface area contributed by atoms with Gasteiger partial charge in [-0.25, -0.2) is 0 Å². The average molecular weight is 206 g/mol. The lowest BCUT2D eigenvalue weighted by Crippen LogP contribution is -2.27. The lowest BCUT2D eigenvalue weighted by molar-refractivity contribution is 0.174. The van der Waals surface area contributed by atoms with Crippen LogP contribution in [0.2, 0.25) is 0 Å². The zero-order chi connectivity index (χ0) is 10.3. The van der Waals surface area contributed by atoms with Crippen molar-refractivity contribution in [3.63, 3.8) is 0 Å². The molecule has 0 bridgehead atoms. The first-order chi connectivity index (χ1) is 7.34. The summed E-state index contributed by atoms with van der Waals surface area (Å²) in [5.41, 5.74) is 7.25. The van der Waals surface area contributed by atoms with Crippen LogP contribution >= 0.6 is 0 Å². The molecule has 2 aliphatic rings.